The minimum Gasteiger partial charge on any atom is -0.490 e. The van der Waals surface area contributed by atoms with Gasteiger partial charge in [-0.2, -0.15) is 5.10 Å². The van der Waals surface area contributed by atoms with Gasteiger partial charge in [-0.05, 0) is 41.2 Å². The van der Waals surface area contributed by atoms with Crippen LogP contribution in [0.5, 0.6) is 5.75 Å². The number of nitrogens with zero attached hydrogens (tertiary/aromatic N) is 2. The molecule has 0 aliphatic heterocycles. The first-order valence-electron chi connectivity index (χ1n) is 7.42. The zero-order valence-electron chi connectivity index (χ0n) is 13.3. The van der Waals surface area contributed by atoms with E-state index in [0.29, 0.717) is 18.8 Å². The first-order chi connectivity index (χ1) is 11.1. The minimum absolute atomic E-state index is 0.131. The van der Waals surface area contributed by atoms with Crippen molar-refractivity contribution in [3.8, 4) is 5.75 Å². The summed E-state index contributed by atoms with van der Waals surface area (Å²) in [5.41, 5.74) is 2.46. The molecule has 2 aromatic rings. The van der Waals surface area contributed by atoms with Gasteiger partial charge in [-0.15, -0.1) is 0 Å². The lowest BCUT2D eigenvalue weighted by Gasteiger charge is -2.08. The van der Waals surface area contributed by atoms with E-state index in [0.717, 1.165) is 23.4 Å². The van der Waals surface area contributed by atoms with Crippen molar-refractivity contribution in [3.63, 3.8) is 0 Å². The highest BCUT2D eigenvalue weighted by Crippen LogP contribution is 2.13. The van der Waals surface area contributed by atoms with Crippen molar-refractivity contribution in [2.75, 3.05) is 6.61 Å². The van der Waals surface area contributed by atoms with Crippen molar-refractivity contribution >= 4 is 21.8 Å². The Morgan fingerprint density at radius 3 is 2.96 bits per heavy atom. The van der Waals surface area contributed by atoms with Gasteiger partial charge in [0.2, 0.25) is 0 Å². The molecule has 1 heterocycles. The summed E-state index contributed by atoms with van der Waals surface area (Å²) in [6.45, 7) is 2.95. The van der Waals surface area contributed by atoms with Crippen molar-refractivity contribution in [2.24, 2.45) is 7.05 Å². The number of aryl methyl sites for hydroxylation is 2. The molecule has 0 fully saturated rings. The summed E-state index contributed by atoms with van der Waals surface area (Å²) in [6, 6.07) is 9.49. The van der Waals surface area contributed by atoms with Gasteiger partial charge in [0.15, 0.2) is 0 Å². The normalized spacial score (nSPS) is 10.9. The van der Waals surface area contributed by atoms with Crippen LogP contribution >= 0.6 is 15.9 Å². The molecule has 0 spiro atoms. The average Bonchev–Trinajstić information content (AvgIpc) is 2.94. The lowest BCUT2D eigenvalue weighted by Crippen LogP contribution is -2.25. The van der Waals surface area contributed by atoms with Crippen LogP contribution in [0.25, 0.3) is 0 Å². The summed E-state index contributed by atoms with van der Waals surface area (Å²) in [6.07, 6.45) is 2.67. The van der Waals surface area contributed by atoms with E-state index in [9.17, 15) is 4.79 Å². The summed E-state index contributed by atoms with van der Waals surface area (Å²) < 4.78 is 7.18. The molecule has 0 aliphatic carbocycles. The minimum atomic E-state index is -0.131. The Kier molecular flexibility index (Phi) is 6.40. The van der Waals surface area contributed by atoms with E-state index in [1.54, 1.807) is 16.7 Å². The number of amides is 1. The van der Waals surface area contributed by atoms with Crippen LogP contribution in [0, 0.1) is 0 Å². The maximum atomic E-state index is 12.2. The molecule has 1 aromatic heterocycles. The van der Waals surface area contributed by atoms with Gasteiger partial charge < -0.3 is 10.1 Å². The lowest BCUT2D eigenvalue weighted by molar-refractivity contribution is 0.0941. The number of carbonyl (C=O) groups excluding carboxylic acids is 1. The molecule has 0 unspecified atom stereocenters. The maximum absolute atomic E-state index is 12.2. The van der Waals surface area contributed by atoms with Crippen LogP contribution in [0.3, 0.4) is 0 Å². The van der Waals surface area contributed by atoms with Crippen LogP contribution in [0.1, 0.15) is 28.7 Å². The monoisotopic (exact) mass is 377 g/mol. The highest BCUT2D eigenvalue weighted by molar-refractivity contribution is 9.11. The quantitative estimate of drug-likeness (QED) is 0.805. The predicted molar refractivity (Wildman–Crippen MR) is 93.8 cm³/mol. The second-order valence-electron chi connectivity index (χ2n) is 5.00. The highest BCUT2D eigenvalue weighted by atomic mass is 79.9. The molecule has 0 radical (unpaired) electrons. The molecule has 122 valence electrons. The van der Waals surface area contributed by atoms with E-state index in [2.05, 4.69) is 26.3 Å². The molecule has 5 nitrogen and oxygen atoms in total. The fourth-order valence-corrected chi connectivity index (χ4v) is 2.26. The number of hydrogen-bond acceptors (Lipinski definition) is 3. The van der Waals surface area contributed by atoms with Gasteiger partial charge in [0.1, 0.15) is 18.1 Å². The highest BCUT2D eigenvalue weighted by Gasteiger charge is 2.12. The third-order valence-corrected chi connectivity index (χ3v) is 3.69. The fourth-order valence-electron chi connectivity index (χ4n) is 2.11. The summed E-state index contributed by atoms with van der Waals surface area (Å²) in [7, 11) is 1.78. The Morgan fingerprint density at radius 1 is 1.43 bits per heavy atom. The largest absolute Gasteiger partial charge is 0.490 e. The van der Waals surface area contributed by atoms with Crippen molar-refractivity contribution in [2.45, 2.75) is 19.9 Å². The molecule has 0 saturated heterocycles. The number of benzene rings is 1. The second kappa shape index (κ2) is 8.53. The number of hydrogen-bond donors (Lipinski definition) is 1. The smallest absolute Gasteiger partial charge is 0.269 e. The van der Waals surface area contributed by atoms with E-state index in [1.165, 1.54) is 0 Å². The van der Waals surface area contributed by atoms with Gasteiger partial charge in [-0.1, -0.05) is 35.0 Å². The summed E-state index contributed by atoms with van der Waals surface area (Å²) in [5, 5.41) is 7.20. The zero-order valence-corrected chi connectivity index (χ0v) is 14.8. The number of carbonyl (C=O) groups is 1. The number of aromatic nitrogens is 2. The molecule has 6 heteroatoms. The molecule has 1 aromatic carbocycles. The summed E-state index contributed by atoms with van der Waals surface area (Å²) in [4.78, 5) is 14.0. The van der Waals surface area contributed by atoms with Gasteiger partial charge in [0, 0.05) is 13.6 Å². The molecule has 1 N–H and O–H groups in total. The molecule has 0 aliphatic rings. The Hall–Kier alpha value is -2.08. The van der Waals surface area contributed by atoms with Crippen LogP contribution in [0.2, 0.25) is 0 Å². The van der Waals surface area contributed by atoms with E-state index in [-0.39, 0.29) is 5.91 Å². The molecule has 23 heavy (non-hydrogen) atoms. The number of rotatable bonds is 7. The van der Waals surface area contributed by atoms with Crippen LogP contribution in [0.4, 0.5) is 0 Å². The summed E-state index contributed by atoms with van der Waals surface area (Å²) in [5.74, 6) is 0.643. The molecular formula is C17H20BrN3O2. The number of ether oxygens (including phenoxy) is 1. The Bertz CT molecular complexity index is 695. The van der Waals surface area contributed by atoms with Gasteiger partial charge in [-0.3, -0.25) is 9.48 Å². The lowest BCUT2D eigenvalue weighted by atomic mass is 10.2. The van der Waals surface area contributed by atoms with Crippen LogP contribution in [-0.2, 0) is 20.0 Å². The van der Waals surface area contributed by atoms with Crippen molar-refractivity contribution in [1.29, 1.82) is 0 Å². The first-order valence-corrected chi connectivity index (χ1v) is 8.33. The predicted octanol–water partition coefficient (Wildman–Crippen LogP) is 3.20. The SMILES string of the molecule is CCc1cc(C(=O)NCc2cccc(OCC=CBr)c2)n(C)n1. The summed E-state index contributed by atoms with van der Waals surface area (Å²) >= 11 is 3.20. The molecule has 0 saturated carbocycles. The zero-order chi connectivity index (χ0) is 16.7. The molecule has 0 atom stereocenters. The van der Waals surface area contributed by atoms with E-state index in [4.69, 9.17) is 4.74 Å². The molecule has 0 bridgehead atoms. The van der Waals surface area contributed by atoms with Gasteiger partial charge in [0.05, 0.1) is 5.69 Å². The Balaban J connectivity index is 1.95. The van der Waals surface area contributed by atoms with E-state index in [1.807, 2.05) is 43.3 Å². The Morgan fingerprint density at radius 2 is 2.26 bits per heavy atom. The van der Waals surface area contributed by atoms with E-state index >= 15 is 0 Å². The Labute approximate surface area is 144 Å². The van der Waals surface area contributed by atoms with Crippen LogP contribution < -0.4 is 10.1 Å². The standard InChI is InChI=1S/C17H20BrN3O2/c1-3-14-11-16(21(2)20-14)17(22)19-12-13-6-4-7-15(10-13)23-9-5-8-18/h4-8,10-11H,3,9,12H2,1-2H3,(H,19,22). The third kappa shape index (κ3) is 4.96. The second-order valence-corrected chi connectivity index (χ2v) is 5.53. The number of nitrogens with one attached hydrogen (secondary N) is 1. The van der Waals surface area contributed by atoms with Gasteiger partial charge in [0.25, 0.3) is 5.91 Å². The molecule has 2 rings (SSSR count). The average molecular weight is 378 g/mol. The number of halogens is 1. The van der Waals surface area contributed by atoms with Gasteiger partial charge >= 0.3 is 0 Å². The first kappa shape index (κ1) is 17.3. The fraction of sp³-hybridized carbons (Fsp3) is 0.294. The van der Waals surface area contributed by atoms with Crippen LogP contribution in [0.15, 0.2) is 41.4 Å². The topological polar surface area (TPSA) is 56.1 Å². The van der Waals surface area contributed by atoms with Crippen molar-refractivity contribution in [1.82, 2.24) is 15.1 Å². The van der Waals surface area contributed by atoms with Crippen molar-refractivity contribution < 1.29 is 9.53 Å². The van der Waals surface area contributed by atoms with Crippen molar-refractivity contribution in [3.05, 3.63) is 58.3 Å². The van der Waals surface area contributed by atoms with Gasteiger partial charge in [-0.25, -0.2) is 0 Å². The maximum Gasteiger partial charge on any atom is 0.269 e. The third-order valence-electron chi connectivity index (χ3n) is 3.31. The van der Waals surface area contributed by atoms with Crippen LogP contribution in [-0.4, -0.2) is 22.3 Å². The molecule has 1 amide bonds. The van der Waals surface area contributed by atoms with E-state index < -0.39 is 0 Å². The molecular weight excluding hydrogens is 358 g/mol.